The average Bonchev–Trinajstić information content (AvgIpc) is 3.82. The zero-order valence-corrected chi connectivity index (χ0v) is 25.5. The second-order valence-corrected chi connectivity index (χ2v) is 12.4. The smallest absolute Gasteiger partial charge is 0.143 e. The Morgan fingerprint density at radius 3 is 1.88 bits per heavy atom. The molecule has 0 bridgehead atoms. The van der Waals surface area contributed by atoms with Crippen LogP contribution in [-0.4, -0.2) is 4.98 Å². The van der Waals surface area contributed by atoms with Crippen molar-refractivity contribution in [3.63, 3.8) is 0 Å². The van der Waals surface area contributed by atoms with Gasteiger partial charge in [0.1, 0.15) is 33.5 Å². The molecule has 0 unspecified atom stereocenters. The third-order valence-electron chi connectivity index (χ3n) is 9.72. The van der Waals surface area contributed by atoms with Crippen LogP contribution < -0.4 is 4.90 Å². The number of rotatable bonds is 3. The van der Waals surface area contributed by atoms with E-state index in [9.17, 15) is 0 Å². The molecule has 224 valence electrons. The van der Waals surface area contributed by atoms with Gasteiger partial charge in [0.25, 0.3) is 0 Å². The lowest BCUT2D eigenvalue weighted by molar-refractivity contribution is 0.668. The lowest BCUT2D eigenvalue weighted by Crippen LogP contribution is -2.09. The number of nitrogens with zero attached hydrogens (tertiary/aromatic N) is 2. The Kier molecular flexibility index (Phi) is 5.05. The van der Waals surface area contributed by atoms with Crippen LogP contribution >= 0.6 is 0 Å². The summed E-state index contributed by atoms with van der Waals surface area (Å²) in [6.07, 6.45) is 3.66. The Balaban J connectivity index is 1.16. The molecule has 0 atom stereocenters. The standard InChI is InChI=1S/C43H24N2O3/c1-3-7-37-31(5-1)33-17-13-29(23-41(33)47-37)45(28-14-18-39-35(22-28)32-6-2-4-8-38(32)46-39)27-12-16-30-26(21-27)10-9-25-11-15-34-36-24-44-20-19-40(36)48-43(34)42(25)30/h1-24H. The molecule has 48 heavy (non-hydrogen) atoms. The second kappa shape index (κ2) is 9.47. The van der Waals surface area contributed by atoms with Crippen LogP contribution in [0, 0.1) is 0 Å². The highest BCUT2D eigenvalue weighted by molar-refractivity contribution is 6.23. The number of hydrogen-bond donors (Lipinski definition) is 0. The number of para-hydroxylation sites is 2. The summed E-state index contributed by atoms with van der Waals surface area (Å²) in [6.45, 7) is 0. The van der Waals surface area contributed by atoms with E-state index in [0.717, 1.165) is 104 Å². The minimum Gasteiger partial charge on any atom is -0.456 e. The molecule has 5 heteroatoms. The number of aromatic nitrogens is 1. The summed E-state index contributed by atoms with van der Waals surface area (Å²) in [5.74, 6) is 0. The van der Waals surface area contributed by atoms with Gasteiger partial charge in [-0.25, -0.2) is 0 Å². The van der Waals surface area contributed by atoms with Gasteiger partial charge >= 0.3 is 0 Å². The van der Waals surface area contributed by atoms with Gasteiger partial charge in [0, 0.05) is 73.2 Å². The molecule has 0 aliphatic carbocycles. The molecule has 0 aliphatic rings. The fraction of sp³-hybridized carbons (Fsp3) is 0. The normalized spacial score (nSPS) is 12.2. The molecule has 7 aromatic carbocycles. The van der Waals surface area contributed by atoms with E-state index in [1.807, 2.05) is 36.5 Å². The minimum absolute atomic E-state index is 0.843. The van der Waals surface area contributed by atoms with Crippen molar-refractivity contribution in [2.24, 2.45) is 0 Å². The summed E-state index contributed by atoms with van der Waals surface area (Å²) in [6, 6.07) is 46.6. The molecule has 0 fully saturated rings. The highest BCUT2D eigenvalue weighted by Gasteiger charge is 2.19. The van der Waals surface area contributed by atoms with E-state index in [1.54, 1.807) is 6.20 Å². The zero-order chi connectivity index (χ0) is 31.3. The van der Waals surface area contributed by atoms with Crippen molar-refractivity contribution in [3.05, 3.63) is 146 Å². The van der Waals surface area contributed by atoms with Crippen molar-refractivity contribution >= 4 is 104 Å². The van der Waals surface area contributed by atoms with Gasteiger partial charge in [-0.2, -0.15) is 0 Å². The fourth-order valence-corrected chi connectivity index (χ4v) is 7.50. The van der Waals surface area contributed by atoms with Crippen molar-refractivity contribution in [3.8, 4) is 0 Å². The SMILES string of the molecule is c1ccc2c(c1)oc1cc(N(c3ccc4c(ccc5ccc6c7cnccc7oc6c54)c3)c3ccc4oc5ccccc5c4c3)ccc12. The van der Waals surface area contributed by atoms with Crippen LogP contribution in [0.5, 0.6) is 0 Å². The van der Waals surface area contributed by atoms with E-state index >= 15 is 0 Å². The Bertz CT molecular complexity index is 3090. The maximum atomic E-state index is 6.45. The van der Waals surface area contributed by atoms with Crippen molar-refractivity contribution in [1.29, 1.82) is 0 Å². The van der Waals surface area contributed by atoms with Gasteiger partial charge < -0.3 is 18.2 Å². The van der Waals surface area contributed by atoms with Gasteiger partial charge in [-0.3, -0.25) is 4.98 Å². The molecule has 0 amide bonds. The number of hydrogen-bond acceptors (Lipinski definition) is 5. The van der Waals surface area contributed by atoms with E-state index in [1.165, 1.54) is 0 Å². The van der Waals surface area contributed by atoms with Gasteiger partial charge in [0.15, 0.2) is 0 Å². The highest BCUT2D eigenvalue weighted by Crippen LogP contribution is 2.43. The molecule has 0 saturated carbocycles. The van der Waals surface area contributed by atoms with E-state index < -0.39 is 0 Å². The summed E-state index contributed by atoms with van der Waals surface area (Å²) < 4.78 is 19.0. The molecule has 0 N–H and O–H groups in total. The van der Waals surface area contributed by atoms with Crippen LogP contribution in [0.3, 0.4) is 0 Å². The van der Waals surface area contributed by atoms with Crippen LogP contribution in [-0.2, 0) is 0 Å². The van der Waals surface area contributed by atoms with E-state index in [4.69, 9.17) is 13.3 Å². The van der Waals surface area contributed by atoms with Gasteiger partial charge in [0.2, 0.25) is 0 Å². The van der Waals surface area contributed by atoms with Crippen molar-refractivity contribution in [2.45, 2.75) is 0 Å². The molecule has 0 radical (unpaired) electrons. The van der Waals surface area contributed by atoms with Crippen molar-refractivity contribution < 1.29 is 13.3 Å². The monoisotopic (exact) mass is 616 g/mol. The molecular weight excluding hydrogens is 592 g/mol. The molecule has 0 saturated heterocycles. The third kappa shape index (κ3) is 3.58. The summed E-state index contributed by atoms with van der Waals surface area (Å²) in [4.78, 5) is 6.65. The van der Waals surface area contributed by atoms with Crippen LogP contribution in [0.2, 0.25) is 0 Å². The van der Waals surface area contributed by atoms with Crippen molar-refractivity contribution in [2.75, 3.05) is 4.90 Å². The molecule has 5 nitrogen and oxygen atoms in total. The molecular formula is C43H24N2O3. The van der Waals surface area contributed by atoms with E-state index in [2.05, 4.69) is 113 Å². The minimum atomic E-state index is 0.843. The Labute approximate surface area is 272 Å². The number of furan rings is 3. The zero-order valence-electron chi connectivity index (χ0n) is 25.5. The molecule has 4 heterocycles. The molecule has 4 aromatic heterocycles. The second-order valence-electron chi connectivity index (χ2n) is 12.4. The first kappa shape index (κ1) is 25.6. The Morgan fingerprint density at radius 2 is 1.00 bits per heavy atom. The largest absolute Gasteiger partial charge is 0.456 e. The number of pyridine rings is 1. The predicted octanol–water partition coefficient (Wildman–Crippen LogP) is 12.6. The maximum absolute atomic E-state index is 6.45. The summed E-state index contributed by atoms with van der Waals surface area (Å²) in [5.41, 5.74) is 8.26. The van der Waals surface area contributed by atoms with Crippen LogP contribution in [0.4, 0.5) is 17.1 Å². The van der Waals surface area contributed by atoms with Gasteiger partial charge in [-0.05, 0) is 82.9 Å². The van der Waals surface area contributed by atoms with E-state index in [-0.39, 0.29) is 0 Å². The molecule has 11 aromatic rings. The summed E-state index contributed by atoms with van der Waals surface area (Å²) >= 11 is 0. The van der Waals surface area contributed by atoms with Crippen LogP contribution in [0.25, 0.3) is 87.4 Å². The summed E-state index contributed by atoms with van der Waals surface area (Å²) in [5, 5.41) is 11.0. The van der Waals surface area contributed by atoms with Gasteiger partial charge in [0.05, 0.1) is 0 Å². The maximum Gasteiger partial charge on any atom is 0.143 e. The topological polar surface area (TPSA) is 55.6 Å². The van der Waals surface area contributed by atoms with Crippen LogP contribution in [0.1, 0.15) is 0 Å². The Morgan fingerprint density at radius 1 is 0.396 bits per heavy atom. The van der Waals surface area contributed by atoms with Gasteiger partial charge in [-0.15, -0.1) is 0 Å². The average molecular weight is 617 g/mol. The quantitative estimate of drug-likeness (QED) is 0.185. The summed E-state index contributed by atoms with van der Waals surface area (Å²) in [7, 11) is 0. The van der Waals surface area contributed by atoms with Gasteiger partial charge in [-0.1, -0.05) is 60.7 Å². The van der Waals surface area contributed by atoms with Crippen LogP contribution in [0.15, 0.2) is 159 Å². The Hall–Kier alpha value is -6.59. The number of benzene rings is 7. The number of anilines is 3. The predicted molar refractivity (Wildman–Crippen MR) is 196 cm³/mol. The first-order valence-electron chi connectivity index (χ1n) is 16.0. The molecule has 0 aliphatic heterocycles. The first-order valence-corrected chi connectivity index (χ1v) is 16.0. The highest BCUT2D eigenvalue weighted by atomic mass is 16.3. The number of fused-ring (bicyclic) bond motifs is 13. The lowest BCUT2D eigenvalue weighted by atomic mass is 9.99. The fourth-order valence-electron chi connectivity index (χ4n) is 7.50. The van der Waals surface area contributed by atoms with Crippen molar-refractivity contribution in [1.82, 2.24) is 4.98 Å². The molecule has 11 rings (SSSR count). The van der Waals surface area contributed by atoms with E-state index in [0.29, 0.717) is 0 Å². The third-order valence-corrected chi connectivity index (χ3v) is 9.72. The first-order chi connectivity index (χ1) is 23.8. The molecule has 0 spiro atoms. The lowest BCUT2D eigenvalue weighted by Gasteiger charge is -2.26.